The molecular weight excluding hydrogens is 242 g/mol. The van der Waals surface area contributed by atoms with E-state index in [0.29, 0.717) is 5.56 Å². The molecule has 0 aromatic heterocycles. The topological polar surface area (TPSA) is 80.3 Å². The summed E-state index contributed by atoms with van der Waals surface area (Å²) in [6, 6.07) is 4.24. The molecular formula is C11H11NO4S. The number of sulfone groups is 1. The van der Waals surface area contributed by atoms with Gasteiger partial charge in [-0.15, -0.1) is 0 Å². The molecule has 0 radical (unpaired) electrons. The molecule has 0 spiro atoms. The molecule has 1 N–H and O–H groups in total. The zero-order valence-corrected chi connectivity index (χ0v) is 10.2. The Morgan fingerprint density at radius 1 is 1.35 bits per heavy atom. The van der Waals surface area contributed by atoms with Crippen LogP contribution in [0.4, 0.5) is 5.69 Å². The van der Waals surface area contributed by atoms with Gasteiger partial charge in [-0.1, -0.05) is 0 Å². The molecule has 1 aromatic rings. The number of Topliss-reactive ketones (excluding diaryl/α,β-unsaturated/α-hetero) is 1. The fourth-order valence-corrected chi connectivity index (χ4v) is 3.08. The number of amides is 1. The van der Waals surface area contributed by atoms with Crippen LogP contribution in [0.1, 0.15) is 24.2 Å². The van der Waals surface area contributed by atoms with Crippen LogP contribution in [0.15, 0.2) is 23.1 Å². The average molecular weight is 253 g/mol. The summed E-state index contributed by atoms with van der Waals surface area (Å²) in [5.74, 6) is -0.763. The van der Waals surface area contributed by atoms with Gasteiger partial charge in [-0.25, -0.2) is 8.42 Å². The monoisotopic (exact) mass is 253 g/mol. The number of carbonyl (C=O) groups is 2. The van der Waals surface area contributed by atoms with E-state index < -0.39 is 21.0 Å². The molecule has 0 aliphatic carbocycles. The van der Waals surface area contributed by atoms with Crippen LogP contribution in [-0.4, -0.2) is 25.4 Å². The van der Waals surface area contributed by atoms with Gasteiger partial charge >= 0.3 is 0 Å². The van der Waals surface area contributed by atoms with E-state index in [1.807, 2.05) is 0 Å². The largest absolute Gasteiger partial charge is 0.324 e. The first kappa shape index (κ1) is 11.8. The van der Waals surface area contributed by atoms with Crippen LogP contribution in [0.25, 0.3) is 0 Å². The lowest BCUT2D eigenvalue weighted by molar-refractivity contribution is -0.115. The molecule has 90 valence electrons. The van der Waals surface area contributed by atoms with Crippen molar-refractivity contribution < 1.29 is 18.0 Å². The Labute approximate surface area is 98.7 Å². The van der Waals surface area contributed by atoms with E-state index in [4.69, 9.17) is 0 Å². The third kappa shape index (κ3) is 1.74. The van der Waals surface area contributed by atoms with E-state index in [-0.39, 0.29) is 16.4 Å². The molecule has 1 unspecified atom stereocenters. The number of fused-ring (bicyclic) bond motifs is 1. The SMILES string of the molecule is CC(=O)c1ccc2c(c1)S(=O)(=O)C(C)C(=O)N2. The van der Waals surface area contributed by atoms with Crippen molar-refractivity contribution in [2.45, 2.75) is 24.0 Å². The van der Waals surface area contributed by atoms with E-state index in [1.165, 1.54) is 32.0 Å². The van der Waals surface area contributed by atoms with Crippen molar-refractivity contribution in [2.75, 3.05) is 5.32 Å². The molecule has 0 fully saturated rings. The molecule has 1 amide bonds. The second-order valence-corrected chi connectivity index (χ2v) is 6.18. The Balaban J connectivity index is 2.70. The van der Waals surface area contributed by atoms with Crippen molar-refractivity contribution in [3.05, 3.63) is 23.8 Å². The summed E-state index contributed by atoms with van der Waals surface area (Å²) in [5.41, 5.74) is 0.550. The zero-order chi connectivity index (χ0) is 12.8. The summed E-state index contributed by atoms with van der Waals surface area (Å²) < 4.78 is 24.0. The van der Waals surface area contributed by atoms with Gasteiger partial charge in [0.2, 0.25) is 5.91 Å². The Kier molecular flexibility index (Phi) is 2.54. The molecule has 1 aliphatic rings. The number of benzene rings is 1. The van der Waals surface area contributed by atoms with Gasteiger partial charge in [0.25, 0.3) is 0 Å². The highest BCUT2D eigenvalue weighted by Crippen LogP contribution is 2.31. The minimum atomic E-state index is -3.69. The molecule has 17 heavy (non-hydrogen) atoms. The lowest BCUT2D eigenvalue weighted by Crippen LogP contribution is -2.37. The minimum absolute atomic E-state index is 0.0114. The summed E-state index contributed by atoms with van der Waals surface area (Å²) >= 11 is 0. The smallest absolute Gasteiger partial charge is 0.242 e. The second-order valence-electron chi connectivity index (χ2n) is 3.94. The molecule has 0 saturated carbocycles. The van der Waals surface area contributed by atoms with Crippen LogP contribution < -0.4 is 5.32 Å². The van der Waals surface area contributed by atoms with Gasteiger partial charge < -0.3 is 5.32 Å². The first-order valence-corrected chi connectivity index (χ1v) is 6.58. The van der Waals surface area contributed by atoms with Gasteiger partial charge in [0.15, 0.2) is 15.6 Å². The number of ketones is 1. The average Bonchev–Trinajstić information content (AvgIpc) is 2.26. The van der Waals surface area contributed by atoms with E-state index in [1.54, 1.807) is 0 Å². The highest BCUT2D eigenvalue weighted by Gasteiger charge is 2.36. The van der Waals surface area contributed by atoms with Crippen LogP contribution in [0.3, 0.4) is 0 Å². The standard InChI is InChI=1S/C11H11NO4S/c1-6(13)8-3-4-9-10(5-8)17(15,16)7(2)11(14)12-9/h3-5,7H,1-2H3,(H,12,14). The van der Waals surface area contributed by atoms with Crippen LogP contribution in [-0.2, 0) is 14.6 Å². The van der Waals surface area contributed by atoms with Crippen LogP contribution in [0.5, 0.6) is 0 Å². The number of carbonyl (C=O) groups excluding carboxylic acids is 2. The number of hydrogen-bond acceptors (Lipinski definition) is 4. The molecule has 5 nitrogen and oxygen atoms in total. The molecule has 1 heterocycles. The number of anilines is 1. The molecule has 6 heteroatoms. The normalized spacial score (nSPS) is 21.5. The van der Waals surface area contributed by atoms with Gasteiger partial charge in [0, 0.05) is 5.56 Å². The maximum Gasteiger partial charge on any atom is 0.242 e. The molecule has 0 saturated heterocycles. The van der Waals surface area contributed by atoms with Gasteiger partial charge in [-0.05, 0) is 32.0 Å². The third-order valence-corrected chi connectivity index (χ3v) is 4.88. The van der Waals surface area contributed by atoms with Crippen molar-refractivity contribution in [1.82, 2.24) is 0 Å². The van der Waals surface area contributed by atoms with Gasteiger partial charge in [-0.3, -0.25) is 9.59 Å². The fraction of sp³-hybridized carbons (Fsp3) is 0.273. The molecule has 1 aliphatic heterocycles. The highest BCUT2D eigenvalue weighted by molar-refractivity contribution is 7.93. The third-order valence-electron chi connectivity index (χ3n) is 2.79. The summed E-state index contributed by atoms with van der Waals surface area (Å²) in [6.07, 6.45) is 0. The van der Waals surface area contributed by atoms with Crippen LogP contribution in [0.2, 0.25) is 0 Å². The van der Waals surface area contributed by atoms with Gasteiger partial charge in [0.05, 0.1) is 10.6 Å². The lowest BCUT2D eigenvalue weighted by Gasteiger charge is -2.22. The summed E-state index contributed by atoms with van der Waals surface area (Å²) in [5, 5.41) is 1.37. The van der Waals surface area contributed by atoms with Crippen molar-refractivity contribution >= 4 is 27.2 Å². The molecule has 1 aromatic carbocycles. The van der Waals surface area contributed by atoms with Crippen LogP contribution in [0, 0.1) is 0 Å². The summed E-state index contributed by atoms with van der Waals surface area (Å²) in [6.45, 7) is 2.69. The van der Waals surface area contributed by atoms with E-state index >= 15 is 0 Å². The molecule has 2 rings (SSSR count). The van der Waals surface area contributed by atoms with Crippen molar-refractivity contribution in [2.24, 2.45) is 0 Å². The Bertz CT molecular complexity index is 618. The van der Waals surface area contributed by atoms with E-state index in [0.717, 1.165) is 0 Å². The van der Waals surface area contributed by atoms with Gasteiger partial charge in [-0.2, -0.15) is 0 Å². The maximum absolute atomic E-state index is 12.0. The fourth-order valence-electron chi connectivity index (χ4n) is 1.65. The first-order valence-electron chi connectivity index (χ1n) is 5.04. The quantitative estimate of drug-likeness (QED) is 0.757. The van der Waals surface area contributed by atoms with E-state index in [2.05, 4.69) is 5.32 Å². The Hall–Kier alpha value is -1.69. The predicted octanol–water partition coefficient (Wildman–Crippen LogP) is 1.00. The Morgan fingerprint density at radius 2 is 2.00 bits per heavy atom. The summed E-state index contributed by atoms with van der Waals surface area (Å²) in [7, 11) is -3.69. The van der Waals surface area contributed by atoms with Crippen molar-refractivity contribution in [3.63, 3.8) is 0 Å². The van der Waals surface area contributed by atoms with E-state index in [9.17, 15) is 18.0 Å². The molecule has 0 bridgehead atoms. The van der Waals surface area contributed by atoms with Crippen LogP contribution >= 0.6 is 0 Å². The maximum atomic E-state index is 12.0. The Morgan fingerprint density at radius 3 is 2.59 bits per heavy atom. The minimum Gasteiger partial charge on any atom is -0.324 e. The first-order chi connectivity index (χ1) is 7.84. The van der Waals surface area contributed by atoms with Crippen molar-refractivity contribution in [3.8, 4) is 0 Å². The number of nitrogens with one attached hydrogen (secondary N) is 1. The zero-order valence-electron chi connectivity index (χ0n) is 9.35. The predicted molar refractivity (Wildman–Crippen MR) is 61.7 cm³/mol. The second kappa shape index (κ2) is 3.66. The number of hydrogen-bond donors (Lipinski definition) is 1. The lowest BCUT2D eigenvalue weighted by atomic mass is 10.1. The summed E-state index contributed by atoms with van der Waals surface area (Å²) in [4.78, 5) is 22.7. The van der Waals surface area contributed by atoms with Gasteiger partial charge in [0.1, 0.15) is 5.25 Å². The molecule has 1 atom stereocenters. The number of rotatable bonds is 1. The van der Waals surface area contributed by atoms with Crippen molar-refractivity contribution in [1.29, 1.82) is 0 Å². The highest BCUT2D eigenvalue weighted by atomic mass is 32.2.